The minimum absolute atomic E-state index is 0.218. The number of nitrogens with two attached hydrogens (primary N) is 1. The first kappa shape index (κ1) is 10.9. The van der Waals surface area contributed by atoms with Gasteiger partial charge in [0.05, 0.1) is 0 Å². The maximum Gasteiger partial charge on any atom is 0.104 e. The highest BCUT2D eigenvalue weighted by Crippen LogP contribution is 2.06. The van der Waals surface area contributed by atoms with Gasteiger partial charge in [0.25, 0.3) is 0 Å². The molecule has 3 N–H and O–H groups in total. The molecule has 0 aromatic rings. The standard InChI is InChI=1S/C8H20N2O/c1-7(8(9)11)5-4-6-10(2)3/h7-8,11H,4-6,9H2,1-3H3. The largest absolute Gasteiger partial charge is 0.379 e. The first-order chi connectivity index (χ1) is 5.04. The minimum Gasteiger partial charge on any atom is -0.379 e. The molecule has 0 spiro atoms. The minimum atomic E-state index is -0.655. The van der Waals surface area contributed by atoms with Crippen molar-refractivity contribution in [2.75, 3.05) is 20.6 Å². The van der Waals surface area contributed by atoms with Crippen molar-refractivity contribution in [2.24, 2.45) is 11.7 Å². The molecule has 3 heteroatoms. The van der Waals surface area contributed by atoms with E-state index in [9.17, 15) is 0 Å². The molecule has 2 unspecified atom stereocenters. The van der Waals surface area contributed by atoms with Crippen LogP contribution in [-0.4, -0.2) is 36.9 Å². The fourth-order valence-electron chi connectivity index (χ4n) is 0.900. The molecule has 0 rings (SSSR count). The first-order valence-electron chi connectivity index (χ1n) is 4.12. The van der Waals surface area contributed by atoms with E-state index in [1.54, 1.807) is 0 Å². The summed E-state index contributed by atoms with van der Waals surface area (Å²) in [6.45, 7) is 3.04. The molecule has 0 saturated carbocycles. The molecule has 3 nitrogen and oxygen atoms in total. The van der Waals surface area contributed by atoms with Crippen LogP contribution in [0.25, 0.3) is 0 Å². The van der Waals surface area contributed by atoms with Crippen molar-refractivity contribution in [1.82, 2.24) is 4.90 Å². The van der Waals surface area contributed by atoms with Crippen LogP contribution in [0.4, 0.5) is 0 Å². The third kappa shape index (κ3) is 6.28. The maximum atomic E-state index is 8.95. The van der Waals surface area contributed by atoms with Crippen molar-refractivity contribution in [3.8, 4) is 0 Å². The Morgan fingerprint density at radius 1 is 1.45 bits per heavy atom. The summed E-state index contributed by atoms with van der Waals surface area (Å²) in [5.41, 5.74) is 5.29. The molecule has 0 amide bonds. The SMILES string of the molecule is CC(CCCN(C)C)C(N)O. The van der Waals surface area contributed by atoms with E-state index in [-0.39, 0.29) is 5.92 Å². The molecule has 0 aliphatic carbocycles. The van der Waals surface area contributed by atoms with E-state index in [2.05, 4.69) is 4.90 Å². The lowest BCUT2D eigenvalue weighted by atomic mass is 10.0. The Morgan fingerprint density at radius 2 is 2.00 bits per heavy atom. The summed E-state index contributed by atoms with van der Waals surface area (Å²) in [5.74, 6) is 0.218. The summed E-state index contributed by atoms with van der Waals surface area (Å²) in [5, 5.41) is 8.95. The molecule has 0 aromatic heterocycles. The lowest BCUT2D eigenvalue weighted by Gasteiger charge is -2.15. The quantitative estimate of drug-likeness (QED) is 0.566. The highest BCUT2D eigenvalue weighted by Gasteiger charge is 2.07. The van der Waals surface area contributed by atoms with Crippen LogP contribution in [0.3, 0.4) is 0 Å². The monoisotopic (exact) mass is 160 g/mol. The van der Waals surface area contributed by atoms with E-state index in [0.717, 1.165) is 19.4 Å². The first-order valence-corrected chi connectivity index (χ1v) is 4.12. The van der Waals surface area contributed by atoms with Gasteiger partial charge in [0.1, 0.15) is 6.23 Å². The van der Waals surface area contributed by atoms with Crippen molar-refractivity contribution in [3.63, 3.8) is 0 Å². The van der Waals surface area contributed by atoms with Gasteiger partial charge in [-0.25, -0.2) is 0 Å². The van der Waals surface area contributed by atoms with Crippen LogP contribution in [0.2, 0.25) is 0 Å². The third-order valence-corrected chi connectivity index (χ3v) is 1.85. The zero-order valence-corrected chi connectivity index (χ0v) is 7.75. The van der Waals surface area contributed by atoms with Gasteiger partial charge in [-0.15, -0.1) is 0 Å². The van der Waals surface area contributed by atoms with Gasteiger partial charge < -0.3 is 15.7 Å². The fourth-order valence-corrected chi connectivity index (χ4v) is 0.900. The smallest absolute Gasteiger partial charge is 0.104 e. The predicted molar refractivity (Wildman–Crippen MR) is 47.1 cm³/mol. The number of hydrogen-bond acceptors (Lipinski definition) is 3. The molecule has 0 aromatic carbocycles. The molecular formula is C8H20N2O. The molecule has 0 bridgehead atoms. The summed E-state index contributed by atoms with van der Waals surface area (Å²) in [6, 6.07) is 0. The number of aliphatic hydroxyl groups excluding tert-OH is 1. The normalized spacial score (nSPS) is 16.9. The molecular weight excluding hydrogens is 140 g/mol. The zero-order valence-electron chi connectivity index (χ0n) is 7.75. The van der Waals surface area contributed by atoms with Crippen LogP contribution in [0.15, 0.2) is 0 Å². The Hall–Kier alpha value is -0.120. The molecule has 0 aliphatic heterocycles. The zero-order chi connectivity index (χ0) is 8.85. The average Bonchev–Trinajstić information content (AvgIpc) is 1.86. The lowest BCUT2D eigenvalue weighted by molar-refractivity contribution is 0.116. The van der Waals surface area contributed by atoms with Gasteiger partial charge in [-0.05, 0) is 39.4 Å². The van der Waals surface area contributed by atoms with Gasteiger partial charge in [-0.1, -0.05) is 6.92 Å². The van der Waals surface area contributed by atoms with E-state index < -0.39 is 6.23 Å². The Morgan fingerprint density at radius 3 is 2.36 bits per heavy atom. The van der Waals surface area contributed by atoms with Crippen LogP contribution < -0.4 is 5.73 Å². The summed E-state index contributed by atoms with van der Waals surface area (Å²) in [4.78, 5) is 2.13. The van der Waals surface area contributed by atoms with Gasteiger partial charge in [0.15, 0.2) is 0 Å². The highest BCUT2D eigenvalue weighted by molar-refractivity contribution is 4.58. The Labute approximate surface area is 69.2 Å². The average molecular weight is 160 g/mol. The van der Waals surface area contributed by atoms with Gasteiger partial charge in [-0.3, -0.25) is 0 Å². The van der Waals surface area contributed by atoms with E-state index in [0.29, 0.717) is 0 Å². The van der Waals surface area contributed by atoms with E-state index in [4.69, 9.17) is 10.8 Å². The Balaban J connectivity index is 3.24. The summed E-state index contributed by atoms with van der Waals surface area (Å²) < 4.78 is 0. The van der Waals surface area contributed by atoms with Gasteiger partial charge in [-0.2, -0.15) is 0 Å². The van der Waals surface area contributed by atoms with Crippen molar-refractivity contribution in [1.29, 1.82) is 0 Å². The number of aliphatic hydroxyl groups is 1. The fraction of sp³-hybridized carbons (Fsp3) is 1.00. The van der Waals surface area contributed by atoms with Crippen LogP contribution in [-0.2, 0) is 0 Å². The molecule has 0 saturated heterocycles. The van der Waals surface area contributed by atoms with Gasteiger partial charge in [0, 0.05) is 0 Å². The summed E-state index contributed by atoms with van der Waals surface area (Å²) >= 11 is 0. The third-order valence-electron chi connectivity index (χ3n) is 1.85. The second kappa shape index (κ2) is 5.52. The number of hydrogen-bond donors (Lipinski definition) is 2. The Bertz CT molecular complexity index is 94.1. The van der Waals surface area contributed by atoms with Crippen LogP contribution >= 0.6 is 0 Å². The maximum absolute atomic E-state index is 8.95. The molecule has 0 fully saturated rings. The van der Waals surface area contributed by atoms with Gasteiger partial charge >= 0.3 is 0 Å². The van der Waals surface area contributed by atoms with E-state index in [1.807, 2.05) is 21.0 Å². The van der Waals surface area contributed by atoms with Crippen molar-refractivity contribution < 1.29 is 5.11 Å². The Kier molecular flexibility index (Phi) is 5.46. The van der Waals surface area contributed by atoms with Crippen molar-refractivity contribution in [3.05, 3.63) is 0 Å². The van der Waals surface area contributed by atoms with E-state index >= 15 is 0 Å². The summed E-state index contributed by atoms with van der Waals surface area (Å²) in [7, 11) is 4.09. The predicted octanol–water partition coefficient (Wildman–Crippen LogP) is 0.241. The molecule has 2 atom stereocenters. The molecule has 0 aliphatic rings. The van der Waals surface area contributed by atoms with Gasteiger partial charge in [0.2, 0.25) is 0 Å². The molecule has 0 heterocycles. The van der Waals surface area contributed by atoms with Crippen molar-refractivity contribution in [2.45, 2.75) is 26.0 Å². The van der Waals surface area contributed by atoms with Crippen LogP contribution in [0.1, 0.15) is 19.8 Å². The second-order valence-corrected chi connectivity index (χ2v) is 3.41. The number of nitrogens with zero attached hydrogens (tertiary/aromatic N) is 1. The highest BCUT2D eigenvalue weighted by atomic mass is 16.3. The second-order valence-electron chi connectivity index (χ2n) is 3.41. The topological polar surface area (TPSA) is 49.5 Å². The molecule has 0 radical (unpaired) electrons. The lowest BCUT2D eigenvalue weighted by Crippen LogP contribution is -2.28. The molecule has 11 heavy (non-hydrogen) atoms. The van der Waals surface area contributed by atoms with Crippen molar-refractivity contribution >= 4 is 0 Å². The van der Waals surface area contributed by atoms with Crippen LogP contribution in [0, 0.1) is 5.92 Å². The van der Waals surface area contributed by atoms with E-state index in [1.165, 1.54) is 0 Å². The molecule has 68 valence electrons. The van der Waals surface area contributed by atoms with Crippen LogP contribution in [0.5, 0.6) is 0 Å². The number of rotatable bonds is 5. The summed E-state index contributed by atoms with van der Waals surface area (Å²) in [6.07, 6.45) is 1.44.